The Hall–Kier alpha value is -2.07. The maximum absolute atomic E-state index is 11.3. The molecule has 0 radical (unpaired) electrons. The van der Waals surface area contributed by atoms with Gasteiger partial charge in [0.15, 0.2) is 0 Å². The number of carbonyl (C=O) groups is 1. The van der Waals surface area contributed by atoms with Crippen LogP contribution < -0.4 is 16.6 Å². The molecule has 0 fully saturated rings. The van der Waals surface area contributed by atoms with E-state index in [2.05, 4.69) is 5.43 Å². The number of rotatable bonds is 4. The number of hydrogen-bond donors (Lipinski definition) is 2. The molecule has 1 atom stereocenters. The summed E-state index contributed by atoms with van der Waals surface area (Å²) in [6, 6.07) is 13.1. The molecule has 0 saturated carbocycles. The van der Waals surface area contributed by atoms with Gasteiger partial charge in [0.05, 0.1) is 0 Å². The molecule has 0 aliphatic heterocycles. The minimum Gasteiger partial charge on any atom is -0.290 e. The summed E-state index contributed by atoms with van der Waals surface area (Å²) in [6.07, 6.45) is 0. The van der Waals surface area contributed by atoms with E-state index in [4.69, 9.17) is 10.4 Å². The smallest absolute Gasteiger partial charge is 0.290 e. The van der Waals surface area contributed by atoms with Crippen LogP contribution in [-0.4, -0.2) is 12.5 Å². The first-order chi connectivity index (χ1) is 11.4. The summed E-state index contributed by atoms with van der Waals surface area (Å²) in [6.45, 7) is 8.14. The summed E-state index contributed by atoms with van der Waals surface area (Å²) in [4.78, 5) is 11.3. The fourth-order valence-corrected chi connectivity index (χ4v) is 3.15. The van der Waals surface area contributed by atoms with Gasteiger partial charge in [-0.3, -0.25) is 10.2 Å². The zero-order chi connectivity index (χ0) is 18.1. The molecular formula is C18H24N2O3P+. The molecule has 6 heteroatoms. The van der Waals surface area contributed by atoms with Crippen LogP contribution >= 0.6 is 8.03 Å². The maximum Gasteiger partial charge on any atom is 0.548 e. The molecule has 0 aromatic heterocycles. The lowest BCUT2D eigenvalue weighted by Gasteiger charge is -2.08. The van der Waals surface area contributed by atoms with E-state index in [0.29, 0.717) is 12.2 Å². The summed E-state index contributed by atoms with van der Waals surface area (Å²) in [7, 11) is -1.63. The van der Waals surface area contributed by atoms with Gasteiger partial charge in [0, 0.05) is 5.56 Å². The number of hydrazine groups is 1. The van der Waals surface area contributed by atoms with Gasteiger partial charge in [0.2, 0.25) is 5.30 Å². The van der Waals surface area contributed by atoms with Crippen molar-refractivity contribution in [3.05, 3.63) is 64.7 Å². The Morgan fingerprint density at radius 1 is 1.12 bits per heavy atom. The summed E-state index contributed by atoms with van der Waals surface area (Å²) in [5.74, 6) is 4.85. The number of amides is 1. The third kappa shape index (κ3) is 5.85. The van der Waals surface area contributed by atoms with Crippen molar-refractivity contribution < 1.29 is 13.9 Å². The van der Waals surface area contributed by atoms with Gasteiger partial charge in [0.1, 0.15) is 6.61 Å². The Kier molecular flexibility index (Phi) is 8.27. The van der Waals surface area contributed by atoms with Crippen molar-refractivity contribution in [2.75, 3.05) is 6.61 Å². The predicted molar refractivity (Wildman–Crippen MR) is 97.6 cm³/mol. The van der Waals surface area contributed by atoms with Crippen LogP contribution in [0, 0.1) is 20.8 Å². The van der Waals surface area contributed by atoms with Crippen molar-refractivity contribution in [3.63, 3.8) is 0 Å². The molecular weight excluding hydrogens is 323 g/mol. The van der Waals surface area contributed by atoms with Crippen molar-refractivity contribution >= 4 is 19.2 Å². The standard InChI is InChI=1S/C10H14N2O.C8H10O2P/c1-6-4-7(2)9(8(3)5-6)10(13)12-11;1-2-10-11(9)8-6-4-3-5-7-8/h4-5H,11H2,1-3H3,(H,12,13);3-7H,2H2,1H3/q;+1. The molecule has 2 rings (SSSR count). The van der Waals surface area contributed by atoms with Gasteiger partial charge in [-0.15, -0.1) is 4.52 Å². The van der Waals surface area contributed by atoms with Crippen LogP contribution in [0.1, 0.15) is 34.0 Å². The molecule has 5 nitrogen and oxygen atoms in total. The van der Waals surface area contributed by atoms with E-state index in [1.807, 2.05) is 58.0 Å². The Labute approximate surface area is 144 Å². The zero-order valence-corrected chi connectivity index (χ0v) is 15.4. The quantitative estimate of drug-likeness (QED) is 0.385. The van der Waals surface area contributed by atoms with Gasteiger partial charge in [-0.25, -0.2) is 5.84 Å². The van der Waals surface area contributed by atoms with Crippen molar-refractivity contribution in [2.45, 2.75) is 27.7 Å². The molecule has 0 heterocycles. The first kappa shape index (κ1) is 20.0. The second kappa shape index (κ2) is 9.93. The summed E-state index contributed by atoms with van der Waals surface area (Å²) < 4.78 is 16.1. The first-order valence-corrected chi connectivity index (χ1v) is 8.82. The van der Waals surface area contributed by atoms with Gasteiger partial charge >= 0.3 is 8.03 Å². The van der Waals surface area contributed by atoms with Crippen LogP contribution in [0.25, 0.3) is 0 Å². The Morgan fingerprint density at radius 2 is 1.67 bits per heavy atom. The van der Waals surface area contributed by atoms with Gasteiger partial charge in [-0.1, -0.05) is 35.9 Å². The normalized spacial score (nSPS) is 10.5. The van der Waals surface area contributed by atoms with Gasteiger partial charge in [0.25, 0.3) is 5.91 Å². The Bertz CT molecular complexity index is 680. The van der Waals surface area contributed by atoms with Crippen LogP contribution in [0.15, 0.2) is 42.5 Å². The monoisotopic (exact) mass is 347 g/mol. The Balaban J connectivity index is 0.000000243. The number of benzene rings is 2. The molecule has 1 amide bonds. The highest BCUT2D eigenvalue weighted by Gasteiger charge is 2.19. The largest absolute Gasteiger partial charge is 0.548 e. The fraction of sp³-hybridized carbons (Fsp3) is 0.278. The van der Waals surface area contributed by atoms with Gasteiger partial charge in [-0.05, 0) is 55.5 Å². The average molecular weight is 347 g/mol. The van der Waals surface area contributed by atoms with Crippen molar-refractivity contribution in [3.8, 4) is 0 Å². The molecule has 3 N–H and O–H groups in total. The third-order valence-corrected chi connectivity index (χ3v) is 4.46. The molecule has 0 saturated heterocycles. The molecule has 0 spiro atoms. The highest BCUT2D eigenvalue weighted by Crippen LogP contribution is 2.20. The van der Waals surface area contributed by atoms with Gasteiger partial charge in [-0.2, -0.15) is 0 Å². The fourth-order valence-electron chi connectivity index (χ4n) is 2.35. The minimum absolute atomic E-state index is 0.227. The van der Waals surface area contributed by atoms with Crippen molar-refractivity contribution in [2.24, 2.45) is 5.84 Å². The summed E-state index contributed by atoms with van der Waals surface area (Å²) >= 11 is 0. The van der Waals surface area contributed by atoms with Crippen LogP contribution in [0.5, 0.6) is 0 Å². The number of nitrogens with one attached hydrogen (secondary N) is 1. The molecule has 24 heavy (non-hydrogen) atoms. The van der Waals surface area contributed by atoms with Crippen molar-refractivity contribution in [1.29, 1.82) is 0 Å². The molecule has 1 unspecified atom stereocenters. The molecule has 0 aliphatic carbocycles. The van der Waals surface area contributed by atoms with E-state index in [1.165, 1.54) is 0 Å². The van der Waals surface area contributed by atoms with Crippen LogP contribution in [0.4, 0.5) is 0 Å². The van der Waals surface area contributed by atoms with Gasteiger partial charge < -0.3 is 0 Å². The number of aryl methyl sites for hydroxylation is 3. The summed E-state index contributed by atoms with van der Waals surface area (Å²) in [5, 5.41) is 0.754. The third-order valence-electron chi connectivity index (χ3n) is 3.25. The van der Waals surface area contributed by atoms with E-state index in [0.717, 1.165) is 22.0 Å². The number of nitrogen functional groups attached to an aromatic ring is 1. The van der Waals surface area contributed by atoms with Crippen LogP contribution in [0.3, 0.4) is 0 Å². The minimum atomic E-state index is -1.63. The second-order valence-corrected chi connectivity index (χ2v) is 6.55. The van der Waals surface area contributed by atoms with E-state index in [-0.39, 0.29) is 5.91 Å². The molecule has 2 aromatic carbocycles. The summed E-state index contributed by atoms with van der Waals surface area (Å²) in [5.41, 5.74) is 5.89. The highest BCUT2D eigenvalue weighted by molar-refractivity contribution is 7.48. The lowest BCUT2D eigenvalue weighted by atomic mass is 9.99. The lowest BCUT2D eigenvalue weighted by molar-refractivity contribution is 0.0952. The Morgan fingerprint density at radius 3 is 2.12 bits per heavy atom. The first-order valence-electron chi connectivity index (χ1n) is 7.64. The molecule has 2 aromatic rings. The highest BCUT2D eigenvalue weighted by atomic mass is 31.1. The zero-order valence-electron chi connectivity index (χ0n) is 14.5. The molecule has 0 bridgehead atoms. The lowest BCUT2D eigenvalue weighted by Crippen LogP contribution is -2.31. The van der Waals surface area contributed by atoms with E-state index < -0.39 is 8.03 Å². The number of carbonyl (C=O) groups excluding carboxylic acids is 1. The SMILES string of the molecule is CCO[P+](=O)c1ccccc1.Cc1cc(C)c(C(=O)NN)c(C)c1. The average Bonchev–Trinajstić information content (AvgIpc) is 2.55. The topological polar surface area (TPSA) is 81.4 Å². The maximum atomic E-state index is 11.3. The van der Waals surface area contributed by atoms with Crippen LogP contribution in [0.2, 0.25) is 0 Å². The van der Waals surface area contributed by atoms with E-state index >= 15 is 0 Å². The van der Waals surface area contributed by atoms with Crippen molar-refractivity contribution in [1.82, 2.24) is 5.43 Å². The second-order valence-electron chi connectivity index (χ2n) is 5.26. The predicted octanol–water partition coefficient (Wildman–Crippen LogP) is 3.31. The van der Waals surface area contributed by atoms with E-state index in [9.17, 15) is 9.36 Å². The number of nitrogens with two attached hydrogens (primary N) is 1. The molecule has 0 aliphatic rings. The van der Waals surface area contributed by atoms with E-state index in [1.54, 1.807) is 12.1 Å². The van der Waals surface area contributed by atoms with Crippen LogP contribution in [-0.2, 0) is 9.09 Å². The molecule has 128 valence electrons. The number of hydrogen-bond acceptors (Lipinski definition) is 4.